The molecule has 676 valence electrons. The number of hydrogen-bond donors (Lipinski definition) is 23. The zero-order valence-corrected chi connectivity index (χ0v) is 70.7. The van der Waals surface area contributed by atoms with E-state index in [-0.39, 0.29) is 114 Å². The van der Waals surface area contributed by atoms with E-state index in [2.05, 4.69) is 94.0 Å². The predicted molar refractivity (Wildman–Crippen MR) is 462 cm³/mol. The Morgan fingerprint density at radius 3 is 1.67 bits per heavy atom. The van der Waals surface area contributed by atoms with Crippen molar-refractivity contribution in [3.63, 3.8) is 0 Å². The van der Waals surface area contributed by atoms with Gasteiger partial charge in [0, 0.05) is 102 Å². The molecule has 0 aliphatic carbocycles. The van der Waals surface area contributed by atoms with Gasteiger partial charge in [-0.15, -0.1) is 11.8 Å². The number of rotatable bonds is 28. The summed E-state index contributed by atoms with van der Waals surface area (Å²) in [6.07, 6.45) is 5.94. The van der Waals surface area contributed by atoms with E-state index in [4.69, 9.17) is 33.8 Å². The number of imidazole rings is 3. The number of guanidine groups is 2. The van der Waals surface area contributed by atoms with Gasteiger partial charge in [-0.3, -0.25) is 77.9 Å². The van der Waals surface area contributed by atoms with Crippen molar-refractivity contribution in [2.75, 3.05) is 64.4 Å². The Kier molecular flexibility index (Phi) is 38.1. The van der Waals surface area contributed by atoms with Crippen LogP contribution in [0.5, 0.6) is 5.75 Å². The van der Waals surface area contributed by atoms with Crippen LogP contribution in [0.25, 0.3) is 10.8 Å². The Bertz CT molecular complexity index is 4880. The molecular weight excluding hydrogens is 1650 g/mol. The van der Waals surface area contributed by atoms with Gasteiger partial charge < -0.3 is 127 Å². The molecule has 11 atom stereocenters. The third-order valence-electron chi connectivity index (χ3n) is 20.5. The Hall–Kier alpha value is -14.0. The maximum atomic E-state index is 15.5. The fourth-order valence-corrected chi connectivity index (χ4v) is 14.6. The van der Waals surface area contributed by atoms with Crippen LogP contribution in [0.1, 0.15) is 79.2 Å². The maximum absolute atomic E-state index is 15.5. The number of aromatic amines is 2. The van der Waals surface area contributed by atoms with E-state index in [0.717, 1.165) is 26.9 Å². The third kappa shape index (κ3) is 30.8. The number of aryl methyl sites for hydroxylation is 1. The number of fused-ring (bicyclic) bond motifs is 1. The number of carbonyl (C=O) groups is 14. The highest BCUT2D eigenvalue weighted by molar-refractivity contribution is 8.00. The molecule has 4 heterocycles. The molecule has 1 aliphatic heterocycles. The van der Waals surface area contributed by atoms with Gasteiger partial charge in [-0.25, -0.2) is 15.0 Å². The summed E-state index contributed by atoms with van der Waals surface area (Å²) >= 11 is 0.796. The molecule has 126 heavy (non-hydrogen) atoms. The van der Waals surface area contributed by atoms with Crippen LogP contribution in [0.3, 0.4) is 0 Å². The van der Waals surface area contributed by atoms with Crippen LogP contribution in [-0.2, 0) is 113 Å². The van der Waals surface area contributed by atoms with E-state index in [1.54, 1.807) is 62.5 Å². The van der Waals surface area contributed by atoms with Crippen LogP contribution in [0.4, 0.5) is 0 Å². The molecule has 0 radical (unpaired) electrons. The Morgan fingerprint density at radius 2 is 1.06 bits per heavy atom. The number of amides is 14. The van der Waals surface area contributed by atoms with Crippen LogP contribution < -0.4 is 92.1 Å². The minimum absolute atomic E-state index is 0.00164. The maximum Gasteiger partial charge on any atom is 0.246 e. The van der Waals surface area contributed by atoms with Crippen molar-refractivity contribution in [3.05, 3.63) is 168 Å². The predicted octanol–water partition coefficient (Wildman–Crippen LogP) is -5.39. The first-order valence-corrected chi connectivity index (χ1v) is 41.9. The summed E-state index contributed by atoms with van der Waals surface area (Å²) in [5, 5.41) is 72.9. The smallest absolute Gasteiger partial charge is 0.246 e. The highest BCUT2D eigenvalue weighted by atomic mass is 32.2. The van der Waals surface area contributed by atoms with Crippen molar-refractivity contribution >= 4 is 117 Å². The number of phenols is 1. The molecule has 43 nitrogen and oxygen atoms in total. The molecule has 8 rings (SSSR count). The van der Waals surface area contributed by atoms with Gasteiger partial charge in [0.15, 0.2) is 11.9 Å². The topological polar surface area (TPSA) is 669 Å². The van der Waals surface area contributed by atoms with Crippen LogP contribution >= 0.6 is 11.8 Å². The van der Waals surface area contributed by atoms with Crippen molar-refractivity contribution in [3.8, 4) is 5.75 Å². The Morgan fingerprint density at radius 1 is 0.540 bits per heavy atom. The van der Waals surface area contributed by atoms with E-state index < -0.39 is 199 Å². The fraction of sp³-hybridized carbons (Fsp3) is 0.427. The summed E-state index contributed by atoms with van der Waals surface area (Å²) in [5.41, 5.74) is 25.0. The van der Waals surface area contributed by atoms with Crippen LogP contribution in [-0.4, -0.2) is 275 Å². The number of thioether (sulfide) groups is 1. The normalized spacial score (nSPS) is 21.5. The molecule has 1 saturated heterocycles. The molecule has 1 fully saturated rings. The first kappa shape index (κ1) is 97.4. The second kappa shape index (κ2) is 49.3. The standard InChI is InChI=1S/C82H111N27O16S/c1-4-56-71(116)102-60(32-50-18-10-17-49-16-8-9-19-55(49)50)74(119)105-63(34-52-37-90-45-96-52)80(125)109(29-13-26-83)40-68(113)98-64(41-110)77(122)101-58(21-12-28-93-82(87)88)79(124)108(3)66(31-48-22-24-54(111)25-23-48)78(123)104-61(33-51-36-89-44-95-51)75(120)100-57(20-11-27-92-81(85)86)72(117)103-62(35-53-38-91-46-107(53)2)76(121)106-65(70(115)94-39-67(84)112)42-126-43-69(114)97-59(73(118)99-56)30-47-14-6-5-7-15-47/h5-10,14-19,22-25,36-38,44-46,56-66,110-111H,4,11-13,20-21,26-35,39-43,83H2,1-3H3,(H2,84,112)(H,89,95)(H,90,96)(H,94,115)(H,97,114)(H,98,113)(H,99,118)(H,100,120)(H,101,122)(H,102,116)(H,103,117)(H,104,123)(H,105,119)(H,106,121)(H4,85,86,92)(H4,87,88,93). The van der Waals surface area contributed by atoms with Crippen molar-refractivity contribution in [2.24, 2.45) is 30.0 Å². The molecule has 14 amide bonds. The summed E-state index contributed by atoms with van der Waals surface area (Å²) in [4.78, 5) is 227. The summed E-state index contributed by atoms with van der Waals surface area (Å²) in [7, 11) is 2.81. The van der Waals surface area contributed by atoms with Gasteiger partial charge in [0.05, 0.1) is 55.8 Å². The molecule has 4 aromatic carbocycles. The van der Waals surface area contributed by atoms with E-state index >= 15 is 38.4 Å². The fourth-order valence-electron chi connectivity index (χ4n) is 13.7. The van der Waals surface area contributed by atoms with Gasteiger partial charge >= 0.3 is 0 Å². The average Bonchev–Trinajstić information content (AvgIpc) is 0.824. The number of aromatic hydroxyl groups is 1. The first-order chi connectivity index (χ1) is 60.4. The van der Waals surface area contributed by atoms with Crippen LogP contribution in [0, 0.1) is 10.8 Å². The van der Waals surface area contributed by atoms with Gasteiger partial charge in [0.2, 0.25) is 82.7 Å². The number of aliphatic hydroxyl groups excluding tert-OH is 1. The van der Waals surface area contributed by atoms with Crippen LogP contribution in [0.15, 0.2) is 135 Å². The molecule has 3 aromatic heterocycles. The Balaban J connectivity index is 1.22. The number of hydrogen-bond acceptors (Lipinski definition) is 23. The summed E-state index contributed by atoms with van der Waals surface area (Å²) in [6.45, 7) is -1.44. The number of nitrogens with zero attached hydrogens (tertiary/aromatic N) is 6. The lowest BCUT2D eigenvalue weighted by Crippen LogP contribution is -2.61. The Labute approximate surface area is 729 Å². The van der Waals surface area contributed by atoms with Gasteiger partial charge in [0.1, 0.15) is 72.2 Å². The van der Waals surface area contributed by atoms with Gasteiger partial charge in [-0.2, -0.15) is 0 Å². The summed E-state index contributed by atoms with van der Waals surface area (Å²) in [5.74, 6) is -15.5. The molecule has 1 aliphatic rings. The number of likely N-dealkylation sites (N-methyl/N-ethyl adjacent to an activating group) is 1. The second-order valence-corrected chi connectivity index (χ2v) is 31.0. The highest BCUT2D eigenvalue weighted by Crippen LogP contribution is 2.23. The zero-order chi connectivity index (χ0) is 91.4. The number of aliphatic hydroxyl groups is 1. The number of primary amides is 1. The van der Waals surface area contributed by atoms with E-state index in [0.29, 0.717) is 27.8 Å². The number of benzene rings is 4. The molecule has 27 N–H and O–H groups in total. The number of phenolic OH excluding ortho intramolecular Hbond substituents is 1. The highest BCUT2D eigenvalue weighted by Gasteiger charge is 2.40. The zero-order valence-electron chi connectivity index (χ0n) is 69.9. The summed E-state index contributed by atoms with van der Waals surface area (Å²) in [6, 6.07) is 8.91. The molecule has 44 heteroatoms. The lowest BCUT2D eigenvalue weighted by molar-refractivity contribution is -0.143. The lowest BCUT2D eigenvalue weighted by Gasteiger charge is -2.33. The van der Waals surface area contributed by atoms with Gasteiger partial charge in [-0.05, 0) is 84.7 Å². The number of nitrogens with two attached hydrogens (primary N) is 4. The van der Waals surface area contributed by atoms with Crippen molar-refractivity contribution in [2.45, 2.75) is 150 Å². The largest absolute Gasteiger partial charge is 0.508 e. The quantitative estimate of drug-likeness (QED) is 0.0124. The van der Waals surface area contributed by atoms with Crippen LogP contribution in [0.2, 0.25) is 0 Å². The van der Waals surface area contributed by atoms with Crippen molar-refractivity contribution in [1.82, 2.24) is 108 Å². The number of H-pyrrole nitrogens is 2. The lowest BCUT2D eigenvalue weighted by atomic mass is 9.97. The van der Waals surface area contributed by atoms with Crippen molar-refractivity contribution < 1.29 is 77.3 Å². The SMILES string of the molecule is CCC1NC(=O)C(Cc2ccccc2)NC(=O)CSCC(C(=O)NCC(N)=O)NC(=O)C(Cc2cncn2C)NC(=O)C(CCCNC(=N)N)NC(=O)C(Cc2c[nH]cn2)NC(=O)C(Cc2ccc(O)cc2)N(C)C(=O)C(CCCNC(=N)N)NC(=O)C(CO)NC(=O)CN(CCCN)C(=O)C(Cc2c[nH]cn2)NC(=O)C(Cc2cccc3ccccc23)NC1=O. The monoisotopic (exact) mass is 1760 g/mol. The second-order valence-electron chi connectivity index (χ2n) is 30.0. The molecule has 0 saturated carbocycles. The van der Waals surface area contributed by atoms with E-state index in [1.165, 1.54) is 73.5 Å². The molecule has 11 unspecified atom stereocenters. The number of carbonyl (C=O) groups excluding carboxylic acids is 14. The van der Waals surface area contributed by atoms with E-state index in [9.17, 15) is 39.0 Å². The average molecular weight is 1760 g/mol. The molecule has 0 spiro atoms. The third-order valence-corrected chi connectivity index (χ3v) is 21.5. The minimum Gasteiger partial charge on any atom is -0.508 e. The van der Waals surface area contributed by atoms with Gasteiger partial charge in [-0.1, -0.05) is 91.9 Å². The first-order valence-electron chi connectivity index (χ1n) is 40.8. The summed E-state index contributed by atoms with van der Waals surface area (Å²) < 4.78 is 1.53. The van der Waals surface area contributed by atoms with Gasteiger partial charge in [0.25, 0.3) is 0 Å². The van der Waals surface area contributed by atoms with E-state index in [1.807, 2.05) is 24.3 Å². The molecule has 0 bridgehead atoms. The minimum atomic E-state index is -1.88. The molecular formula is C82H111N27O16S. The number of nitrogens with one attached hydrogen (secondary N) is 17. The number of aromatic nitrogens is 6. The van der Waals surface area contributed by atoms with Crippen molar-refractivity contribution in [1.29, 1.82) is 10.8 Å². The molecule has 7 aromatic rings.